The number of aryl methyl sites for hydroxylation is 1. The molecule has 7 nitrogen and oxygen atoms in total. The molecule has 0 unspecified atom stereocenters. The molecule has 0 aliphatic carbocycles. The van der Waals surface area contributed by atoms with Gasteiger partial charge < -0.3 is 10.2 Å². The maximum atomic E-state index is 13.6. The van der Waals surface area contributed by atoms with Crippen LogP contribution in [0.25, 0.3) is 0 Å². The maximum Gasteiger partial charge on any atom is 0.244 e. The molecule has 2 amide bonds. The normalized spacial score (nSPS) is 12.3. The van der Waals surface area contributed by atoms with Gasteiger partial charge in [0, 0.05) is 18.1 Å². The van der Waals surface area contributed by atoms with E-state index in [0.29, 0.717) is 23.7 Å². The second-order valence-electron chi connectivity index (χ2n) is 8.72. The summed E-state index contributed by atoms with van der Waals surface area (Å²) in [5.74, 6) is -0.535. The average Bonchev–Trinajstić information content (AvgIpc) is 2.78. The SMILES string of the molecule is CCc1ccccc1N(CC(=O)N(Cc1cccc(Cl)c1)[C@@H](C)C(=O)NCC(C)C)S(C)(=O)=O. The van der Waals surface area contributed by atoms with Gasteiger partial charge in [-0.25, -0.2) is 8.42 Å². The molecule has 2 rings (SSSR count). The van der Waals surface area contributed by atoms with Crippen LogP contribution < -0.4 is 9.62 Å². The molecule has 0 aliphatic rings. The van der Waals surface area contributed by atoms with E-state index in [4.69, 9.17) is 11.6 Å². The summed E-state index contributed by atoms with van der Waals surface area (Å²) in [6.07, 6.45) is 1.68. The molecule has 0 aliphatic heterocycles. The van der Waals surface area contributed by atoms with E-state index >= 15 is 0 Å². The summed E-state index contributed by atoms with van der Waals surface area (Å²) < 4.78 is 26.5. The summed E-state index contributed by atoms with van der Waals surface area (Å²) in [5, 5.41) is 3.37. The minimum Gasteiger partial charge on any atom is -0.354 e. The lowest BCUT2D eigenvalue weighted by Crippen LogP contribution is -2.51. The molecular formula is C25H34ClN3O4S. The highest BCUT2D eigenvalue weighted by Gasteiger charge is 2.30. The molecule has 9 heteroatoms. The zero-order valence-corrected chi connectivity index (χ0v) is 22.0. The number of hydrogen-bond donors (Lipinski definition) is 1. The molecule has 1 N–H and O–H groups in total. The smallest absolute Gasteiger partial charge is 0.244 e. The molecule has 34 heavy (non-hydrogen) atoms. The van der Waals surface area contributed by atoms with Gasteiger partial charge >= 0.3 is 0 Å². The van der Waals surface area contributed by atoms with Gasteiger partial charge in [-0.15, -0.1) is 0 Å². The fourth-order valence-corrected chi connectivity index (χ4v) is 4.61. The number of carbonyl (C=O) groups is 2. The molecule has 186 valence electrons. The van der Waals surface area contributed by atoms with Crippen LogP contribution in [0.5, 0.6) is 0 Å². The number of sulfonamides is 1. The van der Waals surface area contributed by atoms with E-state index in [9.17, 15) is 18.0 Å². The van der Waals surface area contributed by atoms with Gasteiger partial charge in [0.15, 0.2) is 0 Å². The van der Waals surface area contributed by atoms with Crippen LogP contribution in [0.2, 0.25) is 5.02 Å². The zero-order chi connectivity index (χ0) is 25.5. The number of amides is 2. The first-order chi connectivity index (χ1) is 15.9. The number of para-hydroxylation sites is 1. The number of anilines is 1. The van der Waals surface area contributed by atoms with Crippen molar-refractivity contribution in [2.24, 2.45) is 5.92 Å². The number of carbonyl (C=O) groups excluding carboxylic acids is 2. The van der Waals surface area contributed by atoms with Gasteiger partial charge in [0.2, 0.25) is 21.8 Å². The number of benzene rings is 2. The van der Waals surface area contributed by atoms with Crippen molar-refractivity contribution in [2.45, 2.75) is 46.7 Å². The van der Waals surface area contributed by atoms with Crippen LogP contribution in [0.15, 0.2) is 48.5 Å². The molecule has 0 bridgehead atoms. The Morgan fingerprint density at radius 3 is 2.32 bits per heavy atom. The van der Waals surface area contributed by atoms with Crippen LogP contribution in [0.4, 0.5) is 5.69 Å². The minimum absolute atomic E-state index is 0.114. The van der Waals surface area contributed by atoms with E-state index in [2.05, 4.69) is 5.32 Å². The molecule has 2 aromatic carbocycles. The van der Waals surface area contributed by atoms with Crippen molar-refractivity contribution in [1.82, 2.24) is 10.2 Å². The van der Waals surface area contributed by atoms with E-state index < -0.39 is 28.5 Å². The number of halogens is 1. The van der Waals surface area contributed by atoms with Gasteiger partial charge in [0.1, 0.15) is 12.6 Å². The number of nitrogens with zero attached hydrogens (tertiary/aromatic N) is 2. The Labute approximate surface area is 208 Å². The first-order valence-corrected chi connectivity index (χ1v) is 13.5. The first-order valence-electron chi connectivity index (χ1n) is 11.3. The van der Waals surface area contributed by atoms with Crippen molar-refractivity contribution in [3.63, 3.8) is 0 Å². The number of hydrogen-bond acceptors (Lipinski definition) is 4. The summed E-state index contributed by atoms with van der Waals surface area (Å²) in [4.78, 5) is 27.8. The summed E-state index contributed by atoms with van der Waals surface area (Å²) in [6, 6.07) is 13.3. The van der Waals surface area contributed by atoms with Crippen LogP contribution in [0.3, 0.4) is 0 Å². The van der Waals surface area contributed by atoms with Crippen molar-refractivity contribution in [2.75, 3.05) is 23.7 Å². The van der Waals surface area contributed by atoms with Crippen LogP contribution in [0, 0.1) is 5.92 Å². The van der Waals surface area contributed by atoms with Crippen molar-refractivity contribution in [3.8, 4) is 0 Å². The second kappa shape index (κ2) is 12.2. The van der Waals surface area contributed by atoms with E-state index in [1.165, 1.54) is 4.90 Å². The number of nitrogens with one attached hydrogen (secondary N) is 1. The Morgan fingerprint density at radius 1 is 1.06 bits per heavy atom. The highest BCUT2D eigenvalue weighted by molar-refractivity contribution is 7.92. The van der Waals surface area contributed by atoms with Gasteiger partial charge in [-0.05, 0) is 48.6 Å². The highest BCUT2D eigenvalue weighted by Crippen LogP contribution is 2.24. The standard InChI is InChI=1S/C25H34ClN3O4S/c1-6-21-11-7-8-13-23(21)29(34(5,32)33)17-24(30)28(16-20-10-9-12-22(26)14-20)19(4)25(31)27-15-18(2)3/h7-14,18-19H,6,15-17H2,1-5H3,(H,27,31)/t19-/m0/s1. The predicted octanol–water partition coefficient (Wildman–Crippen LogP) is 3.86. The topological polar surface area (TPSA) is 86.8 Å². The molecule has 0 aromatic heterocycles. The van der Waals surface area contributed by atoms with E-state index in [1.54, 1.807) is 37.3 Å². The van der Waals surface area contributed by atoms with E-state index in [1.807, 2.05) is 39.0 Å². The molecular weight excluding hydrogens is 474 g/mol. The molecule has 0 radical (unpaired) electrons. The first kappa shape index (κ1) is 27.7. The lowest BCUT2D eigenvalue weighted by molar-refractivity contribution is -0.139. The third-order valence-corrected chi connectivity index (χ3v) is 6.78. The summed E-state index contributed by atoms with van der Waals surface area (Å²) in [7, 11) is -3.76. The molecule has 0 fully saturated rings. The predicted molar refractivity (Wildman–Crippen MR) is 137 cm³/mol. The van der Waals surface area contributed by atoms with Crippen LogP contribution in [-0.2, 0) is 32.6 Å². The highest BCUT2D eigenvalue weighted by atomic mass is 35.5. The Bertz CT molecular complexity index is 1100. The van der Waals surface area contributed by atoms with Gasteiger partial charge in [-0.2, -0.15) is 0 Å². The van der Waals surface area contributed by atoms with Gasteiger partial charge in [-0.1, -0.05) is 62.7 Å². The van der Waals surface area contributed by atoms with Gasteiger partial charge in [0.25, 0.3) is 0 Å². The second-order valence-corrected chi connectivity index (χ2v) is 11.1. The quantitative estimate of drug-likeness (QED) is 0.500. The summed E-state index contributed by atoms with van der Waals surface area (Å²) in [5.41, 5.74) is 2.01. The molecule has 0 spiro atoms. The van der Waals surface area contributed by atoms with Crippen LogP contribution in [0.1, 0.15) is 38.8 Å². The molecule has 1 atom stereocenters. The van der Waals surface area contributed by atoms with Crippen molar-refractivity contribution in [3.05, 3.63) is 64.7 Å². The minimum atomic E-state index is -3.76. The van der Waals surface area contributed by atoms with Crippen molar-refractivity contribution >= 4 is 39.1 Å². The third kappa shape index (κ3) is 7.74. The molecule has 2 aromatic rings. The molecule has 0 saturated heterocycles. The molecule has 0 heterocycles. The van der Waals surface area contributed by atoms with Gasteiger partial charge in [0.05, 0.1) is 11.9 Å². The Morgan fingerprint density at radius 2 is 1.74 bits per heavy atom. The van der Waals surface area contributed by atoms with Crippen LogP contribution >= 0.6 is 11.6 Å². The van der Waals surface area contributed by atoms with E-state index in [-0.39, 0.29) is 18.4 Å². The van der Waals surface area contributed by atoms with Crippen molar-refractivity contribution in [1.29, 1.82) is 0 Å². The maximum absolute atomic E-state index is 13.6. The zero-order valence-electron chi connectivity index (χ0n) is 20.4. The lowest BCUT2D eigenvalue weighted by Gasteiger charge is -2.32. The van der Waals surface area contributed by atoms with E-state index in [0.717, 1.165) is 21.7 Å². The fourth-order valence-electron chi connectivity index (χ4n) is 3.51. The third-order valence-electron chi connectivity index (χ3n) is 5.41. The summed E-state index contributed by atoms with van der Waals surface area (Å²) >= 11 is 6.12. The number of rotatable bonds is 11. The van der Waals surface area contributed by atoms with Gasteiger partial charge in [-0.3, -0.25) is 13.9 Å². The largest absolute Gasteiger partial charge is 0.354 e. The Balaban J connectivity index is 2.40. The van der Waals surface area contributed by atoms with Crippen LogP contribution in [-0.4, -0.2) is 50.5 Å². The monoisotopic (exact) mass is 507 g/mol. The molecule has 0 saturated carbocycles. The van der Waals surface area contributed by atoms with Crippen molar-refractivity contribution < 1.29 is 18.0 Å². The average molecular weight is 508 g/mol. The Hall–Kier alpha value is -2.58. The fraction of sp³-hybridized carbons (Fsp3) is 0.440. The summed E-state index contributed by atoms with van der Waals surface area (Å²) in [6.45, 7) is 7.70. The Kier molecular flexibility index (Phi) is 9.94. The lowest BCUT2D eigenvalue weighted by atomic mass is 10.1.